The van der Waals surface area contributed by atoms with E-state index in [1.165, 1.54) is 19.3 Å². The topological polar surface area (TPSA) is 97.2 Å². The van der Waals surface area contributed by atoms with E-state index in [-0.39, 0.29) is 11.6 Å². The Morgan fingerprint density at radius 2 is 1.69 bits per heavy atom. The number of anilines is 1. The fourth-order valence-corrected chi connectivity index (χ4v) is 3.59. The van der Waals surface area contributed by atoms with Crippen LogP contribution in [0.3, 0.4) is 0 Å². The molecule has 0 aromatic heterocycles. The number of hydrogen-bond donors (Lipinski definition) is 1. The molecule has 0 atom stereocenters. The predicted octanol–water partition coefficient (Wildman–Crippen LogP) is 2.85. The Morgan fingerprint density at radius 3 is 2.28 bits per heavy atom. The van der Waals surface area contributed by atoms with Crippen molar-refractivity contribution < 1.29 is 19.2 Å². The molecule has 0 bridgehead atoms. The number of carbonyl (C=O) groups is 1. The smallest absolute Gasteiger partial charge is 0.296 e. The Balaban J connectivity index is 1.54. The van der Waals surface area contributed by atoms with Gasteiger partial charge in [0.1, 0.15) is 17.2 Å². The third-order valence-electron chi connectivity index (χ3n) is 5.06. The van der Waals surface area contributed by atoms with Gasteiger partial charge >= 0.3 is 0 Å². The van der Waals surface area contributed by atoms with Crippen molar-refractivity contribution in [1.82, 2.24) is 10.2 Å². The van der Waals surface area contributed by atoms with Crippen LogP contribution in [0.2, 0.25) is 0 Å². The average molecular weight is 457 g/mol. The number of benzene rings is 2. The number of nitrogens with one attached hydrogen (secondary N) is 1. The SMILES string of the molecule is COc1ccc(/C=C/C(=O)NC(=S)N2CCN(c3ccc(OC)cc3[N+](=O)[O-])CC2)cc1. The summed E-state index contributed by atoms with van der Waals surface area (Å²) in [5.41, 5.74) is 1.40. The second-order valence-electron chi connectivity index (χ2n) is 6.99. The first-order valence-corrected chi connectivity index (χ1v) is 10.3. The van der Waals surface area contributed by atoms with Crippen LogP contribution in [0.15, 0.2) is 48.5 Å². The molecule has 32 heavy (non-hydrogen) atoms. The molecule has 9 nitrogen and oxygen atoms in total. The molecule has 1 aliphatic heterocycles. The minimum Gasteiger partial charge on any atom is -0.497 e. The highest BCUT2D eigenvalue weighted by molar-refractivity contribution is 7.80. The molecule has 2 aromatic rings. The van der Waals surface area contributed by atoms with Crippen molar-refractivity contribution in [3.63, 3.8) is 0 Å². The van der Waals surface area contributed by atoms with Crippen LogP contribution < -0.4 is 19.7 Å². The molecule has 1 amide bonds. The van der Waals surface area contributed by atoms with E-state index in [2.05, 4.69) is 5.32 Å². The zero-order valence-electron chi connectivity index (χ0n) is 17.8. The molecule has 2 aromatic carbocycles. The molecule has 0 spiro atoms. The van der Waals surface area contributed by atoms with Gasteiger partial charge in [-0.3, -0.25) is 20.2 Å². The number of rotatable bonds is 6. The van der Waals surface area contributed by atoms with Gasteiger partial charge in [-0.15, -0.1) is 0 Å². The summed E-state index contributed by atoms with van der Waals surface area (Å²) in [6.45, 7) is 2.13. The standard InChI is InChI=1S/C22H24N4O5S/c1-30-17-6-3-16(4-7-17)5-10-21(27)23-22(32)25-13-11-24(12-14-25)19-9-8-18(31-2)15-20(19)26(28)29/h3-10,15H,11-14H2,1-2H3,(H,23,27,32)/b10-5+. The highest BCUT2D eigenvalue weighted by Gasteiger charge is 2.25. The lowest BCUT2D eigenvalue weighted by Gasteiger charge is -2.36. The van der Waals surface area contributed by atoms with Gasteiger partial charge in [-0.25, -0.2) is 0 Å². The van der Waals surface area contributed by atoms with Crippen LogP contribution in [0.4, 0.5) is 11.4 Å². The molecule has 0 saturated carbocycles. The largest absolute Gasteiger partial charge is 0.497 e. The van der Waals surface area contributed by atoms with Crippen molar-refractivity contribution in [3.05, 3.63) is 64.2 Å². The number of piperazine rings is 1. The Hall–Kier alpha value is -3.66. The number of thiocarbonyl (C=S) groups is 1. The van der Waals surface area contributed by atoms with Crippen LogP contribution in [0.1, 0.15) is 5.56 Å². The maximum Gasteiger partial charge on any atom is 0.296 e. The van der Waals surface area contributed by atoms with Gasteiger partial charge in [0, 0.05) is 32.3 Å². The minimum absolute atomic E-state index is 0.00246. The minimum atomic E-state index is -0.412. The molecule has 1 saturated heterocycles. The van der Waals surface area contributed by atoms with E-state index in [9.17, 15) is 14.9 Å². The fraction of sp³-hybridized carbons (Fsp3) is 0.273. The van der Waals surface area contributed by atoms with E-state index in [1.807, 2.05) is 34.1 Å². The third-order valence-corrected chi connectivity index (χ3v) is 5.42. The number of ether oxygens (including phenoxy) is 2. The zero-order valence-corrected chi connectivity index (χ0v) is 18.6. The second-order valence-corrected chi connectivity index (χ2v) is 7.37. The molecule has 0 aliphatic carbocycles. The average Bonchev–Trinajstić information content (AvgIpc) is 2.82. The van der Waals surface area contributed by atoms with E-state index >= 15 is 0 Å². The number of methoxy groups -OCH3 is 2. The molecule has 1 fully saturated rings. The molecule has 1 N–H and O–H groups in total. The normalized spacial score (nSPS) is 13.7. The molecule has 168 valence electrons. The number of nitro groups is 1. The number of nitro benzene ring substituents is 1. The first-order chi connectivity index (χ1) is 15.4. The van der Waals surface area contributed by atoms with Crippen molar-refractivity contribution in [2.45, 2.75) is 0 Å². The lowest BCUT2D eigenvalue weighted by molar-refractivity contribution is -0.384. The second kappa shape index (κ2) is 10.6. The third kappa shape index (κ3) is 5.73. The Bertz CT molecular complexity index is 1020. The summed E-state index contributed by atoms with van der Waals surface area (Å²) in [6.07, 6.45) is 3.11. The molecule has 1 aliphatic rings. The van der Waals surface area contributed by atoms with Crippen LogP contribution in [0.25, 0.3) is 6.08 Å². The van der Waals surface area contributed by atoms with Crippen LogP contribution >= 0.6 is 12.2 Å². The molecule has 10 heteroatoms. The lowest BCUT2D eigenvalue weighted by Crippen LogP contribution is -2.52. The Kier molecular flexibility index (Phi) is 7.61. The highest BCUT2D eigenvalue weighted by Crippen LogP contribution is 2.32. The predicted molar refractivity (Wildman–Crippen MR) is 126 cm³/mol. The van der Waals surface area contributed by atoms with Crippen molar-refractivity contribution in [2.24, 2.45) is 0 Å². The van der Waals surface area contributed by atoms with Gasteiger partial charge in [-0.05, 0) is 48.1 Å². The quantitative estimate of drug-likeness (QED) is 0.307. The van der Waals surface area contributed by atoms with Gasteiger partial charge in [0.05, 0.1) is 25.2 Å². The maximum atomic E-state index is 12.2. The van der Waals surface area contributed by atoms with Gasteiger partial charge in [-0.2, -0.15) is 0 Å². The first kappa shape index (κ1) is 23.0. The lowest BCUT2D eigenvalue weighted by atomic mass is 10.2. The van der Waals surface area contributed by atoms with Crippen molar-refractivity contribution in [1.29, 1.82) is 0 Å². The summed E-state index contributed by atoms with van der Waals surface area (Å²) in [6, 6.07) is 12.1. The van der Waals surface area contributed by atoms with Gasteiger partial charge in [0.2, 0.25) is 5.91 Å². The monoisotopic (exact) mass is 456 g/mol. The van der Waals surface area contributed by atoms with Crippen molar-refractivity contribution >= 4 is 40.7 Å². The summed E-state index contributed by atoms with van der Waals surface area (Å²) in [5.74, 6) is 0.858. The van der Waals surface area contributed by atoms with E-state index in [4.69, 9.17) is 21.7 Å². The molecule has 0 unspecified atom stereocenters. The molecular weight excluding hydrogens is 432 g/mol. The van der Waals surface area contributed by atoms with Crippen LogP contribution in [-0.2, 0) is 4.79 Å². The van der Waals surface area contributed by atoms with Crippen LogP contribution in [-0.4, -0.2) is 61.2 Å². The van der Waals surface area contributed by atoms with Crippen LogP contribution in [0.5, 0.6) is 11.5 Å². The van der Waals surface area contributed by atoms with Gasteiger partial charge in [0.15, 0.2) is 5.11 Å². The number of hydrogen-bond acceptors (Lipinski definition) is 7. The van der Waals surface area contributed by atoms with Crippen LogP contribution in [0, 0.1) is 10.1 Å². The van der Waals surface area contributed by atoms with Crippen molar-refractivity contribution in [2.75, 3.05) is 45.3 Å². The summed E-state index contributed by atoms with van der Waals surface area (Å²) >= 11 is 5.37. The van der Waals surface area contributed by atoms with E-state index < -0.39 is 4.92 Å². The maximum absolute atomic E-state index is 12.2. The zero-order chi connectivity index (χ0) is 23.1. The summed E-state index contributed by atoms with van der Waals surface area (Å²) in [7, 11) is 3.07. The van der Waals surface area contributed by atoms with E-state index in [1.54, 1.807) is 25.3 Å². The summed E-state index contributed by atoms with van der Waals surface area (Å²) in [5, 5.41) is 14.5. The van der Waals surface area contributed by atoms with Crippen molar-refractivity contribution in [3.8, 4) is 11.5 Å². The Labute approximate surface area is 191 Å². The summed E-state index contributed by atoms with van der Waals surface area (Å²) in [4.78, 5) is 27.1. The summed E-state index contributed by atoms with van der Waals surface area (Å²) < 4.78 is 10.2. The molecular formula is C22H24N4O5S. The van der Waals surface area contributed by atoms with E-state index in [0.717, 1.165) is 11.3 Å². The number of amides is 1. The highest BCUT2D eigenvalue weighted by atomic mass is 32.1. The number of carbonyl (C=O) groups excluding carboxylic acids is 1. The van der Waals surface area contributed by atoms with E-state index in [0.29, 0.717) is 42.7 Å². The fourth-order valence-electron chi connectivity index (χ4n) is 3.31. The number of nitrogens with zero attached hydrogens (tertiary/aromatic N) is 3. The van der Waals surface area contributed by atoms with Gasteiger partial charge in [0.25, 0.3) is 5.69 Å². The molecule has 3 rings (SSSR count). The first-order valence-electron chi connectivity index (χ1n) is 9.90. The van der Waals surface area contributed by atoms with Gasteiger partial charge < -0.3 is 19.3 Å². The van der Waals surface area contributed by atoms with Gasteiger partial charge in [-0.1, -0.05) is 12.1 Å². The molecule has 0 radical (unpaired) electrons. The molecule has 1 heterocycles. The Morgan fingerprint density at radius 1 is 1.06 bits per heavy atom.